The number of phenolic OH excluding ortho intramolecular Hbond substituents is 1. The molecule has 0 saturated carbocycles. The molecule has 1 aromatic rings. The van der Waals surface area contributed by atoms with Crippen molar-refractivity contribution in [2.45, 2.75) is 0 Å². The van der Waals surface area contributed by atoms with Crippen molar-refractivity contribution in [3.05, 3.63) is 27.7 Å². The molecule has 0 fully saturated rings. The van der Waals surface area contributed by atoms with Crippen LogP contribution in [0.25, 0.3) is 0 Å². The molecule has 0 aromatic heterocycles. The highest BCUT2D eigenvalue weighted by Gasteiger charge is 1.99. The maximum Gasteiger partial charge on any atom is 0.148 e. The minimum Gasteiger partial charge on any atom is -0.505 e. The van der Waals surface area contributed by atoms with Gasteiger partial charge in [0, 0.05) is 6.07 Å². The lowest BCUT2D eigenvalue weighted by atomic mass is 10.3. The van der Waals surface area contributed by atoms with E-state index >= 15 is 0 Å². The predicted molar refractivity (Wildman–Crippen MR) is 39.7 cm³/mol. The number of hydrogen-bond donors (Lipinski definition) is 1. The Bertz CT molecular complexity index is 204. The average molecular weight is 206 g/mol. The fraction of sp³-hybridized carbons (Fsp3) is 0. The molecule has 3 heteroatoms. The van der Waals surface area contributed by atoms with E-state index in [1.165, 1.54) is 0 Å². The quantitative estimate of drug-likeness (QED) is 0.692. The monoisotopic (exact) mass is 205 g/mol. The summed E-state index contributed by atoms with van der Waals surface area (Å²) < 4.78 is 0.495. The van der Waals surface area contributed by atoms with E-state index in [-0.39, 0.29) is 5.75 Å². The van der Waals surface area contributed by atoms with Crippen LogP contribution in [0.2, 0.25) is 5.02 Å². The summed E-state index contributed by atoms with van der Waals surface area (Å²) in [4.78, 5) is 0. The molecule has 0 aliphatic carbocycles. The van der Waals surface area contributed by atoms with E-state index in [2.05, 4.69) is 22.0 Å². The predicted octanol–water partition coefficient (Wildman–Crippen LogP) is 2.61. The van der Waals surface area contributed by atoms with Gasteiger partial charge in [-0.05, 0) is 22.0 Å². The number of hydrogen-bond acceptors (Lipinski definition) is 1. The van der Waals surface area contributed by atoms with Gasteiger partial charge >= 0.3 is 0 Å². The Kier molecular flexibility index (Phi) is 1.98. The van der Waals surface area contributed by atoms with Crippen LogP contribution in [0.1, 0.15) is 0 Å². The van der Waals surface area contributed by atoms with Gasteiger partial charge in [0.05, 0.1) is 9.50 Å². The third kappa shape index (κ3) is 1.37. The molecule has 47 valence electrons. The summed E-state index contributed by atoms with van der Waals surface area (Å²) in [5.74, 6) is 0.0409. The summed E-state index contributed by atoms with van der Waals surface area (Å²) in [7, 11) is 0. The van der Waals surface area contributed by atoms with Gasteiger partial charge in [0.15, 0.2) is 0 Å². The lowest BCUT2D eigenvalue weighted by molar-refractivity contribution is 0.472. The van der Waals surface area contributed by atoms with Crippen molar-refractivity contribution in [3.8, 4) is 5.75 Å². The Morgan fingerprint density at radius 2 is 2.33 bits per heavy atom. The Labute approximate surface area is 66.4 Å². The molecule has 9 heavy (non-hydrogen) atoms. The first kappa shape index (κ1) is 6.90. The van der Waals surface area contributed by atoms with Gasteiger partial charge in [-0.2, -0.15) is 0 Å². The van der Waals surface area contributed by atoms with E-state index in [1.807, 2.05) is 0 Å². The van der Waals surface area contributed by atoms with Crippen LogP contribution < -0.4 is 0 Å². The van der Waals surface area contributed by atoms with Gasteiger partial charge in [-0.3, -0.25) is 0 Å². The summed E-state index contributed by atoms with van der Waals surface area (Å²) in [6.07, 6.45) is 0. The first-order chi connectivity index (χ1) is 4.22. The van der Waals surface area contributed by atoms with E-state index in [9.17, 15) is 0 Å². The van der Waals surface area contributed by atoms with Gasteiger partial charge < -0.3 is 5.11 Å². The molecule has 1 radical (unpaired) electrons. The van der Waals surface area contributed by atoms with Gasteiger partial charge in [-0.15, -0.1) is 0 Å². The second kappa shape index (κ2) is 2.58. The maximum absolute atomic E-state index is 9.00. The van der Waals surface area contributed by atoms with Crippen LogP contribution in [-0.4, -0.2) is 5.11 Å². The summed E-state index contributed by atoms with van der Waals surface area (Å²) in [6, 6.07) is 5.92. The molecular weight excluding hydrogens is 203 g/mol. The van der Waals surface area contributed by atoms with Crippen molar-refractivity contribution in [2.75, 3.05) is 0 Å². The van der Waals surface area contributed by atoms with Crippen LogP contribution in [0.15, 0.2) is 16.6 Å². The van der Waals surface area contributed by atoms with Crippen LogP contribution in [-0.2, 0) is 0 Å². The largest absolute Gasteiger partial charge is 0.505 e. The van der Waals surface area contributed by atoms with Crippen LogP contribution in [0.5, 0.6) is 5.75 Å². The van der Waals surface area contributed by atoms with E-state index in [4.69, 9.17) is 16.7 Å². The summed E-state index contributed by atoms with van der Waals surface area (Å²) >= 11 is 8.57. The maximum atomic E-state index is 9.00. The molecule has 0 amide bonds. The molecule has 1 nitrogen and oxygen atoms in total. The third-order valence-electron chi connectivity index (χ3n) is 0.874. The molecule has 0 aliphatic heterocycles. The smallest absolute Gasteiger partial charge is 0.148 e. The fourth-order valence-electron chi connectivity index (χ4n) is 0.440. The van der Waals surface area contributed by atoms with Gasteiger partial charge in [0.2, 0.25) is 0 Å². The second-order valence-corrected chi connectivity index (χ2v) is 2.69. The highest BCUT2D eigenvalue weighted by atomic mass is 79.9. The molecule has 0 aliphatic rings. The second-order valence-electron chi connectivity index (χ2n) is 1.49. The van der Waals surface area contributed by atoms with Gasteiger partial charge in [-0.1, -0.05) is 17.7 Å². The van der Waals surface area contributed by atoms with E-state index < -0.39 is 0 Å². The van der Waals surface area contributed by atoms with E-state index in [1.54, 1.807) is 12.1 Å². The summed E-state index contributed by atoms with van der Waals surface area (Å²) in [6.45, 7) is 0. The molecular formula is C6H3BrClO. The zero-order chi connectivity index (χ0) is 6.85. The molecule has 0 heterocycles. The third-order valence-corrected chi connectivity index (χ3v) is 1.78. The number of benzene rings is 1. The molecule has 0 atom stereocenters. The summed E-state index contributed by atoms with van der Waals surface area (Å²) in [5, 5.41) is 9.33. The Hall–Kier alpha value is -0.210. The van der Waals surface area contributed by atoms with Crippen LogP contribution in [0.3, 0.4) is 0 Å². The molecule has 1 N–H and O–H groups in total. The molecule has 0 spiro atoms. The Balaban J connectivity index is 3.25. The van der Waals surface area contributed by atoms with E-state index in [0.717, 1.165) is 0 Å². The van der Waals surface area contributed by atoms with Crippen molar-refractivity contribution in [2.24, 2.45) is 0 Å². The van der Waals surface area contributed by atoms with Crippen molar-refractivity contribution >= 4 is 27.5 Å². The number of halogens is 2. The highest BCUT2D eigenvalue weighted by Crippen LogP contribution is 2.30. The normalized spacial score (nSPS) is 9.56. The minimum atomic E-state index is 0.0409. The first-order valence-corrected chi connectivity index (χ1v) is 3.43. The van der Waals surface area contributed by atoms with E-state index in [0.29, 0.717) is 9.50 Å². The lowest BCUT2D eigenvalue weighted by Gasteiger charge is -1.95. The zero-order valence-corrected chi connectivity index (χ0v) is 6.70. The SMILES string of the molecule is Oc1c(Br)[c]ccc1Cl. The first-order valence-electron chi connectivity index (χ1n) is 2.26. The summed E-state index contributed by atoms with van der Waals surface area (Å²) in [5.41, 5.74) is 0. The van der Waals surface area contributed by atoms with Crippen molar-refractivity contribution < 1.29 is 5.11 Å². The average Bonchev–Trinajstić information content (AvgIpc) is 1.83. The number of aromatic hydroxyl groups is 1. The van der Waals surface area contributed by atoms with Gasteiger partial charge in [0.1, 0.15) is 5.75 Å². The molecule has 0 bridgehead atoms. The van der Waals surface area contributed by atoms with Crippen molar-refractivity contribution in [1.29, 1.82) is 0 Å². The number of phenols is 1. The molecule has 1 aromatic carbocycles. The number of rotatable bonds is 0. The Morgan fingerprint density at radius 3 is 2.78 bits per heavy atom. The van der Waals surface area contributed by atoms with Crippen molar-refractivity contribution in [1.82, 2.24) is 0 Å². The molecule has 0 saturated heterocycles. The minimum absolute atomic E-state index is 0.0409. The van der Waals surface area contributed by atoms with Crippen molar-refractivity contribution in [3.63, 3.8) is 0 Å². The topological polar surface area (TPSA) is 20.2 Å². The molecule has 1 rings (SSSR count). The van der Waals surface area contributed by atoms with Crippen LogP contribution in [0.4, 0.5) is 0 Å². The Morgan fingerprint density at radius 1 is 1.67 bits per heavy atom. The van der Waals surface area contributed by atoms with Crippen LogP contribution >= 0.6 is 27.5 Å². The van der Waals surface area contributed by atoms with Gasteiger partial charge in [-0.25, -0.2) is 0 Å². The highest BCUT2D eigenvalue weighted by molar-refractivity contribution is 9.10. The molecule has 0 unspecified atom stereocenters. The van der Waals surface area contributed by atoms with Crippen LogP contribution in [0, 0.1) is 6.07 Å². The zero-order valence-electron chi connectivity index (χ0n) is 4.36. The standard InChI is InChI=1S/C6H3BrClO/c7-4-2-1-3-5(8)6(4)9/h1,3,9H. The lowest BCUT2D eigenvalue weighted by Crippen LogP contribution is -1.68. The van der Waals surface area contributed by atoms with Gasteiger partial charge in [0.25, 0.3) is 0 Å². The fourth-order valence-corrected chi connectivity index (χ4v) is 1.06.